The SMILES string of the molecule is COc1cccc([C@@H]2c3cc(OC)c(OC)cc3CCN2C)c1. The first-order valence-electron chi connectivity index (χ1n) is 7.77. The van der Waals surface area contributed by atoms with Gasteiger partial charge >= 0.3 is 0 Å². The van der Waals surface area contributed by atoms with E-state index in [1.54, 1.807) is 21.3 Å². The molecule has 1 aliphatic heterocycles. The van der Waals surface area contributed by atoms with Crippen LogP contribution in [0.3, 0.4) is 0 Å². The maximum atomic E-state index is 5.50. The van der Waals surface area contributed by atoms with Crippen molar-refractivity contribution in [2.75, 3.05) is 34.9 Å². The molecular weight excluding hydrogens is 290 g/mol. The summed E-state index contributed by atoms with van der Waals surface area (Å²) >= 11 is 0. The Morgan fingerprint density at radius 1 is 0.957 bits per heavy atom. The van der Waals surface area contributed by atoms with Crippen LogP contribution < -0.4 is 14.2 Å². The van der Waals surface area contributed by atoms with Gasteiger partial charge in [-0.25, -0.2) is 0 Å². The van der Waals surface area contributed by atoms with Gasteiger partial charge in [-0.15, -0.1) is 0 Å². The van der Waals surface area contributed by atoms with E-state index in [1.165, 1.54) is 16.7 Å². The van der Waals surface area contributed by atoms with Crippen molar-refractivity contribution in [3.63, 3.8) is 0 Å². The van der Waals surface area contributed by atoms with Gasteiger partial charge in [-0.3, -0.25) is 4.90 Å². The summed E-state index contributed by atoms with van der Waals surface area (Å²) in [6, 6.07) is 12.7. The molecule has 1 aliphatic rings. The van der Waals surface area contributed by atoms with Crippen molar-refractivity contribution in [2.45, 2.75) is 12.5 Å². The zero-order valence-corrected chi connectivity index (χ0v) is 14.1. The maximum absolute atomic E-state index is 5.50. The highest BCUT2D eigenvalue weighted by Gasteiger charge is 2.28. The van der Waals surface area contributed by atoms with Gasteiger partial charge in [-0.2, -0.15) is 0 Å². The van der Waals surface area contributed by atoms with Crippen molar-refractivity contribution in [3.8, 4) is 17.2 Å². The molecule has 0 amide bonds. The maximum Gasteiger partial charge on any atom is 0.161 e. The van der Waals surface area contributed by atoms with Crippen molar-refractivity contribution in [2.24, 2.45) is 0 Å². The topological polar surface area (TPSA) is 30.9 Å². The molecule has 4 nitrogen and oxygen atoms in total. The number of methoxy groups -OCH3 is 3. The second kappa shape index (κ2) is 6.50. The Hall–Kier alpha value is -2.20. The highest BCUT2D eigenvalue weighted by Crippen LogP contribution is 2.40. The number of likely N-dealkylation sites (N-methyl/N-ethyl adjacent to an activating group) is 1. The zero-order valence-electron chi connectivity index (χ0n) is 14.1. The fourth-order valence-electron chi connectivity index (χ4n) is 3.32. The Bertz CT molecular complexity index is 699. The van der Waals surface area contributed by atoms with Crippen LogP contribution in [0.25, 0.3) is 0 Å². The lowest BCUT2D eigenvalue weighted by molar-refractivity contribution is 0.262. The van der Waals surface area contributed by atoms with Crippen LogP contribution in [0.4, 0.5) is 0 Å². The van der Waals surface area contributed by atoms with Gasteiger partial charge in [-0.1, -0.05) is 12.1 Å². The number of nitrogens with zero attached hydrogens (tertiary/aromatic N) is 1. The third kappa shape index (κ3) is 2.86. The van der Waals surface area contributed by atoms with Crippen LogP contribution >= 0.6 is 0 Å². The van der Waals surface area contributed by atoms with Crippen LogP contribution in [0, 0.1) is 0 Å². The van der Waals surface area contributed by atoms with Gasteiger partial charge in [0.25, 0.3) is 0 Å². The van der Waals surface area contributed by atoms with Gasteiger partial charge in [-0.05, 0) is 54.4 Å². The second-order valence-electron chi connectivity index (χ2n) is 5.82. The molecule has 0 radical (unpaired) electrons. The summed E-state index contributed by atoms with van der Waals surface area (Å²) in [6.45, 7) is 1.00. The van der Waals surface area contributed by atoms with Crippen molar-refractivity contribution >= 4 is 0 Å². The van der Waals surface area contributed by atoms with Gasteiger partial charge in [0.05, 0.1) is 27.4 Å². The standard InChI is InChI=1S/C19H23NO3/c1-20-9-8-13-11-17(22-3)18(23-4)12-16(13)19(20)14-6-5-7-15(10-14)21-2/h5-7,10-12,19H,8-9H2,1-4H3/t19-/m1/s1. The van der Waals surface area contributed by atoms with Crippen molar-refractivity contribution < 1.29 is 14.2 Å². The molecule has 2 aromatic rings. The molecule has 1 atom stereocenters. The molecule has 0 aliphatic carbocycles. The normalized spacial score (nSPS) is 17.5. The number of rotatable bonds is 4. The first kappa shape index (κ1) is 15.7. The third-order valence-electron chi connectivity index (χ3n) is 4.52. The lowest BCUT2D eigenvalue weighted by Crippen LogP contribution is -2.32. The molecule has 122 valence electrons. The lowest BCUT2D eigenvalue weighted by Gasteiger charge is -2.35. The average molecular weight is 313 g/mol. The van der Waals surface area contributed by atoms with E-state index in [0.717, 1.165) is 30.2 Å². The molecule has 0 N–H and O–H groups in total. The fourth-order valence-corrected chi connectivity index (χ4v) is 3.32. The van der Waals surface area contributed by atoms with Crippen molar-refractivity contribution in [3.05, 3.63) is 53.1 Å². The largest absolute Gasteiger partial charge is 0.497 e. The van der Waals surface area contributed by atoms with Crippen LogP contribution in [-0.4, -0.2) is 39.8 Å². The summed E-state index contributed by atoms with van der Waals surface area (Å²) in [5.74, 6) is 2.44. The van der Waals surface area contributed by atoms with E-state index in [4.69, 9.17) is 14.2 Å². The molecule has 0 saturated carbocycles. The number of ether oxygens (including phenoxy) is 3. The van der Waals surface area contributed by atoms with Gasteiger partial charge in [0.15, 0.2) is 11.5 Å². The van der Waals surface area contributed by atoms with Gasteiger partial charge < -0.3 is 14.2 Å². The molecule has 0 saturated heterocycles. The smallest absolute Gasteiger partial charge is 0.161 e. The molecule has 0 fully saturated rings. The summed E-state index contributed by atoms with van der Waals surface area (Å²) in [5.41, 5.74) is 3.80. The summed E-state index contributed by atoms with van der Waals surface area (Å²) in [4.78, 5) is 2.36. The highest BCUT2D eigenvalue weighted by atomic mass is 16.5. The monoisotopic (exact) mass is 313 g/mol. The Labute approximate surface area is 137 Å². The zero-order chi connectivity index (χ0) is 16.4. The van der Waals surface area contributed by atoms with Crippen LogP contribution in [0.2, 0.25) is 0 Å². The Morgan fingerprint density at radius 2 is 1.70 bits per heavy atom. The van der Waals surface area contributed by atoms with Gasteiger partial charge in [0.1, 0.15) is 5.75 Å². The predicted octanol–water partition coefficient (Wildman–Crippen LogP) is 3.29. The van der Waals surface area contributed by atoms with Crippen LogP contribution in [-0.2, 0) is 6.42 Å². The van der Waals surface area contributed by atoms with E-state index in [0.29, 0.717) is 0 Å². The van der Waals surface area contributed by atoms with E-state index in [9.17, 15) is 0 Å². The third-order valence-corrected chi connectivity index (χ3v) is 4.52. The summed E-state index contributed by atoms with van der Waals surface area (Å²) in [6.07, 6.45) is 1.01. The summed E-state index contributed by atoms with van der Waals surface area (Å²) in [7, 11) is 7.21. The van der Waals surface area contributed by atoms with E-state index in [-0.39, 0.29) is 6.04 Å². The second-order valence-corrected chi connectivity index (χ2v) is 5.82. The Morgan fingerprint density at radius 3 is 2.39 bits per heavy atom. The summed E-state index contributed by atoms with van der Waals surface area (Å²) < 4.78 is 16.3. The number of hydrogen-bond donors (Lipinski definition) is 0. The van der Waals surface area contributed by atoms with E-state index in [2.05, 4.69) is 36.2 Å². The Kier molecular flexibility index (Phi) is 4.44. The van der Waals surface area contributed by atoms with E-state index >= 15 is 0 Å². The van der Waals surface area contributed by atoms with Gasteiger partial charge in [0.2, 0.25) is 0 Å². The molecule has 0 aromatic heterocycles. The van der Waals surface area contributed by atoms with Crippen LogP contribution in [0.15, 0.2) is 36.4 Å². The first-order chi connectivity index (χ1) is 11.2. The van der Waals surface area contributed by atoms with Crippen molar-refractivity contribution in [1.82, 2.24) is 4.90 Å². The molecular formula is C19H23NO3. The van der Waals surface area contributed by atoms with Crippen LogP contribution in [0.1, 0.15) is 22.7 Å². The van der Waals surface area contributed by atoms with Gasteiger partial charge in [0, 0.05) is 6.54 Å². The highest BCUT2D eigenvalue weighted by molar-refractivity contribution is 5.52. The minimum atomic E-state index is 0.189. The van der Waals surface area contributed by atoms with Crippen molar-refractivity contribution in [1.29, 1.82) is 0 Å². The molecule has 0 spiro atoms. The Balaban J connectivity index is 2.12. The molecule has 0 bridgehead atoms. The minimum absolute atomic E-state index is 0.189. The first-order valence-corrected chi connectivity index (χ1v) is 7.77. The van der Waals surface area contributed by atoms with Crippen LogP contribution in [0.5, 0.6) is 17.2 Å². The molecule has 2 aromatic carbocycles. The molecule has 3 rings (SSSR count). The molecule has 4 heteroatoms. The number of benzene rings is 2. The predicted molar refractivity (Wildman–Crippen MR) is 90.7 cm³/mol. The average Bonchev–Trinajstić information content (AvgIpc) is 2.60. The minimum Gasteiger partial charge on any atom is -0.497 e. The number of hydrogen-bond acceptors (Lipinski definition) is 4. The molecule has 1 heterocycles. The number of fused-ring (bicyclic) bond motifs is 1. The summed E-state index contributed by atoms with van der Waals surface area (Å²) in [5, 5.41) is 0. The van der Waals surface area contributed by atoms with E-state index < -0.39 is 0 Å². The quantitative estimate of drug-likeness (QED) is 0.867. The van der Waals surface area contributed by atoms with E-state index in [1.807, 2.05) is 12.1 Å². The fraction of sp³-hybridized carbons (Fsp3) is 0.368. The molecule has 23 heavy (non-hydrogen) atoms. The lowest BCUT2D eigenvalue weighted by atomic mass is 9.88. The molecule has 0 unspecified atom stereocenters.